The van der Waals surface area contributed by atoms with Crippen molar-refractivity contribution in [3.63, 3.8) is 0 Å². The molecule has 1 aliphatic rings. The van der Waals surface area contributed by atoms with Gasteiger partial charge in [-0.2, -0.15) is 0 Å². The van der Waals surface area contributed by atoms with Gasteiger partial charge >= 0.3 is 0 Å². The van der Waals surface area contributed by atoms with Crippen molar-refractivity contribution in [1.82, 2.24) is 30.7 Å². The third-order valence-electron chi connectivity index (χ3n) is 11.1. The molecule has 0 unspecified atom stereocenters. The van der Waals surface area contributed by atoms with Gasteiger partial charge in [-0.1, -0.05) is 71.4 Å². The van der Waals surface area contributed by atoms with E-state index in [1.54, 1.807) is 41.3 Å². The maximum Gasteiger partial charge on any atom is 0.244 e. The number of amides is 4. The minimum Gasteiger partial charge on any atom is -0.379 e. The van der Waals surface area contributed by atoms with Crippen molar-refractivity contribution < 1.29 is 28.7 Å². The fraction of sp³-hybridized carbons (Fsp3) is 0.683. The van der Waals surface area contributed by atoms with Gasteiger partial charge in [-0.3, -0.25) is 29.4 Å². The molecule has 0 bridgehead atoms. The number of benzene rings is 1. The predicted molar refractivity (Wildman–Crippen MR) is 214 cm³/mol. The second kappa shape index (κ2) is 21.2. The molecule has 2 heterocycles. The van der Waals surface area contributed by atoms with Crippen molar-refractivity contribution in [3.8, 4) is 0 Å². The maximum absolute atomic E-state index is 14.3. The van der Waals surface area contributed by atoms with Crippen molar-refractivity contribution in [1.29, 1.82) is 0 Å². The van der Waals surface area contributed by atoms with Crippen molar-refractivity contribution in [2.24, 2.45) is 23.2 Å². The highest BCUT2D eigenvalue weighted by Gasteiger charge is 2.44. The number of likely N-dealkylation sites (tertiary alicyclic amines) is 1. The topological polar surface area (TPSA) is 142 Å². The number of imide groups is 1. The number of nitrogens with zero attached hydrogens (tertiary/aromatic N) is 3. The summed E-state index contributed by atoms with van der Waals surface area (Å²) in [5.41, 5.74) is 0.315. The van der Waals surface area contributed by atoms with E-state index in [9.17, 15) is 19.2 Å². The van der Waals surface area contributed by atoms with Gasteiger partial charge in [-0.25, -0.2) is 4.98 Å². The summed E-state index contributed by atoms with van der Waals surface area (Å²) in [5.74, 6) is -1.57. The summed E-state index contributed by atoms with van der Waals surface area (Å²) in [4.78, 5) is 63.5. The zero-order chi connectivity index (χ0) is 40.2. The Morgan fingerprint density at radius 3 is 2.30 bits per heavy atom. The predicted octanol–water partition coefficient (Wildman–Crippen LogP) is 4.85. The first-order valence-corrected chi connectivity index (χ1v) is 20.3. The Bertz CT molecular complexity index is 1470. The van der Waals surface area contributed by atoms with Gasteiger partial charge in [0, 0.05) is 44.9 Å². The van der Waals surface area contributed by atoms with Crippen LogP contribution in [-0.2, 0) is 35.1 Å². The van der Waals surface area contributed by atoms with Crippen molar-refractivity contribution in [2.45, 2.75) is 117 Å². The Morgan fingerprint density at radius 1 is 1.06 bits per heavy atom. The van der Waals surface area contributed by atoms with Gasteiger partial charge < -0.3 is 25.0 Å². The van der Waals surface area contributed by atoms with Crippen LogP contribution in [-0.4, -0.2) is 110 Å². The Hall–Kier alpha value is -3.23. The summed E-state index contributed by atoms with van der Waals surface area (Å²) in [6, 6.07) is 8.48. The van der Waals surface area contributed by atoms with E-state index in [0.717, 1.165) is 23.4 Å². The summed E-state index contributed by atoms with van der Waals surface area (Å²) in [5, 5.41) is 11.7. The number of carbonyl (C=O) groups excluding carboxylic acids is 4. The molecule has 12 nitrogen and oxygen atoms in total. The van der Waals surface area contributed by atoms with Crippen LogP contribution in [0.3, 0.4) is 0 Å². The molecule has 1 saturated heterocycles. The summed E-state index contributed by atoms with van der Waals surface area (Å²) >= 11 is 1.51. The lowest BCUT2D eigenvalue weighted by Gasteiger charge is -2.43. The van der Waals surface area contributed by atoms with E-state index >= 15 is 0 Å². The van der Waals surface area contributed by atoms with Crippen molar-refractivity contribution >= 4 is 35.0 Å². The fourth-order valence-electron chi connectivity index (χ4n) is 7.97. The number of hydrogen-bond acceptors (Lipinski definition) is 10. The van der Waals surface area contributed by atoms with E-state index in [1.807, 2.05) is 73.3 Å². The summed E-state index contributed by atoms with van der Waals surface area (Å²) < 4.78 is 12.1. The van der Waals surface area contributed by atoms with Gasteiger partial charge in [0.2, 0.25) is 23.6 Å². The molecule has 54 heavy (non-hydrogen) atoms. The number of likely N-dealkylation sites (N-methyl/N-ethyl adjacent to an activating group) is 1. The van der Waals surface area contributed by atoms with Crippen molar-refractivity contribution in [3.05, 3.63) is 52.5 Å². The number of hydrogen-bond donors (Lipinski definition) is 3. The molecule has 0 spiro atoms. The number of thiazole rings is 1. The highest BCUT2D eigenvalue weighted by Crippen LogP contribution is 2.31. The zero-order valence-corrected chi connectivity index (χ0v) is 35.2. The third kappa shape index (κ3) is 11.6. The van der Waals surface area contributed by atoms with Gasteiger partial charge in [0.25, 0.3) is 0 Å². The molecule has 8 atom stereocenters. The lowest BCUT2D eigenvalue weighted by atomic mass is 9.87. The average molecular weight is 771 g/mol. The number of methoxy groups -OCH3 is 2. The minimum absolute atomic E-state index is 0.0599. The SMILES string of the molecule is CC[C@H](C)[C@@H]([C@@H](CC(=O)N1CCC[C@H]1[C@H](OC)[C@@H](C)C(=O)N[C@@H](Cc1ccccc1)c1nccs1)OC)N(C)[C@H](C(=O)NC(=O)C(C)(C)CNC)C(C)C. The molecule has 13 heteroatoms. The lowest BCUT2D eigenvalue weighted by molar-refractivity contribution is -0.144. The van der Waals surface area contributed by atoms with Crippen molar-refractivity contribution in [2.75, 3.05) is 41.4 Å². The number of aromatic nitrogens is 1. The number of ether oxygens (including phenoxy) is 2. The van der Waals surface area contributed by atoms with Crippen LogP contribution in [0.15, 0.2) is 41.9 Å². The molecule has 4 amide bonds. The molecule has 1 fully saturated rings. The summed E-state index contributed by atoms with van der Waals surface area (Å²) in [6.07, 6.45) is 3.67. The molecule has 3 N–H and O–H groups in total. The third-order valence-corrected chi connectivity index (χ3v) is 12.0. The molecule has 1 aromatic heterocycles. The highest BCUT2D eigenvalue weighted by atomic mass is 32.1. The molecule has 1 aliphatic heterocycles. The second-order valence-corrected chi connectivity index (χ2v) is 16.8. The van der Waals surface area contributed by atoms with Crippen LogP contribution in [0.25, 0.3) is 0 Å². The molecule has 302 valence electrons. The van der Waals surface area contributed by atoms with E-state index in [1.165, 1.54) is 11.3 Å². The minimum atomic E-state index is -0.780. The smallest absolute Gasteiger partial charge is 0.244 e. The van der Waals surface area contributed by atoms with Crippen LogP contribution in [0.4, 0.5) is 0 Å². The number of nitrogens with one attached hydrogen (secondary N) is 3. The molecule has 0 radical (unpaired) electrons. The van der Waals surface area contributed by atoms with Gasteiger partial charge in [0.05, 0.1) is 48.1 Å². The maximum atomic E-state index is 14.3. The largest absolute Gasteiger partial charge is 0.379 e. The Morgan fingerprint density at radius 2 is 1.74 bits per heavy atom. The van der Waals surface area contributed by atoms with E-state index in [2.05, 4.69) is 34.8 Å². The molecule has 1 aromatic carbocycles. The van der Waals surface area contributed by atoms with Gasteiger partial charge in [0.1, 0.15) is 5.01 Å². The molecular formula is C41H66N6O6S. The number of carbonyl (C=O) groups is 4. The van der Waals surface area contributed by atoms with Crippen LogP contribution in [0, 0.1) is 23.2 Å². The van der Waals surface area contributed by atoms with Gasteiger partial charge in [-0.15, -0.1) is 11.3 Å². The van der Waals surface area contributed by atoms with E-state index in [0.29, 0.717) is 25.9 Å². The first kappa shape index (κ1) is 45.2. The van der Waals surface area contributed by atoms with Gasteiger partial charge in [-0.05, 0) is 64.6 Å². The Labute approximate surface area is 327 Å². The monoisotopic (exact) mass is 770 g/mol. The van der Waals surface area contributed by atoms with Crippen LogP contribution in [0.5, 0.6) is 0 Å². The van der Waals surface area contributed by atoms with E-state index in [-0.39, 0.29) is 60.0 Å². The molecule has 3 rings (SSSR count). The Balaban J connectivity index is 1.79. The standard InChI is InChI=1S/C41H66N6O6S/c1-12-27(4)35(46(9)34(26(2)3)38(50)45-40(51)41(6,7)25-42-8)32(52-10)24-33(48)47-21-16-19-31(47)36(53-11)28(5)37(49)44-30(39-43-20-22-54-39)23-29-17-14-13-15-18-29/h13-15,17-18,20,22,26-28,30-32,34-36,42H,12,16,19,21,23-25H2,1-11H3,(H,44,49)(H,45,50,51)/t27-,28+,30-,31-,32+,34-,35-,36+/m0/s1. The summed E-state index contributed by atoms with van der Waals surface area (Å²) in [6.45, 7) is 14.5. The normalized spacial score (nSPS) is 18.8. The second-order valence-electron chi connectivity index (χ2n) is 15.8. The first-order chi connectivity index (χ1) is 25.6. The summed E-state index contributed by atoms with van der Waals surface area (Å²) in [7, 11) is 6.87. The van der Waals surface area contributed by atoms with Crippen LogP contribution in [0.2, 0.25) is 0 Å². The Kier molecular flexibility index (Phi) is 17.7. The molecule has 0 aliphatic carbocycles. The quantitative estimate of drug-likeness (QED) is 0.163. The lowest BCUT2D eigenvalue weighted by Crippen LogP contribution is -2.59. The first-order valence-electron chi connectivity index (χ1n) is 19.4. The fourth-order valence-corrected chi connectivity index (χ4v) is 8.66. The molecule has 2 aromatic rings. The highest BCUT2D eigenvalue weighted by molar-refractivity contribution is 7.09. The average Bonchev–Trinajstić information content (AvgIpc) is 3.85. The van der Waals surface area contributed by atoms with Crippen LogP contribution < -0.4 is 16.0 Å². The van der Waals surface area contributed by atoms with Gasteiger partial charge in [0.15, 0.2) is 0 Å². The molecular weight excluding hydrogens is 705 g/mol. The van der Waals surface area contributed by atoms with E-state index in [4.69, 9.17) is 9.47 Å². The van der Waals surface area contributed by atoms with E-state index < -0.39 is 29.6 Å². The van der Waals surface area contributed by atoms with Crippen LogP contribution >= 0.6 is 11.3 Å². The zero-order valence-electron chi connectivity index (χ0n) is 34.4. The number of rotatable bonds is 21. The van der Waals surface area contributed by atoms with Crippen LogP contribution in [0.1, 0.15) is 90.8 Å². The molecule has 0 saturated carbocycles.